The van der Waals surface area contributed by atoms with Crippen molar-refractivity contribution in [3.05, 3.63) is 20.8 Å². The van der Waals surface area contributed by atoms with Gasteiger partial charge in [-0.1, -0.05) is 34.1 Å². The molecule has 0 spiro atoms. The summed E-state index contributed by atoms with van der Waals surface area (Å²) in [6.45, 7) is 11.2. The average molecular weight is 481 g/mol. The van der Waals surface area contributed by atoms with Crippen LogP contribution in [0.15, 0.2) is 9.59 Å². The summed E-state index contributed by atoms with van der Waals surface area (Å²) in [5.74, 6) is 0.0135. The number of carbonyl (C=O) groups is 2. The van der Waals surface area contributed by atoms with Gasteiger partial charge in [-0.15, -0.1) is 0 Å². The van der Waals surface area contributed by atoms with Crippen LogP contribution in [0, 0.1) is 5.92 Å². The van der Waals surface area contributed by atoms with Crippen molar-refractivity contribution in [1.82, 2.24) is 19.4 Å². The van der Waals surface area contributed by atoms with Crippen LogP contribution in [-0.4, -0.2) is 77.2 Å². The number of amides is 2. The molecule has 11 heteroatoms. The fourth-order valence-corrected chi connectivity index (χ4v) is 3.88. The minimum absolute atomic E-state index is 0.00925. The third kappa shape index (κ3) is 7.34. The molecule has 0 unspecified atom stereocenters. The number of rotatable bonds is 10. The van der Waals surface area contributed by atoms with Crippen LogP contribution < -0.4 is 21.9 Å². The summed E-state index contributed by atoms with van der Waals surface area (Å²) in [6, 6.07) is 0. The number of unbranched alkanes of at least 4 members (excludes halogenated alkanes) is 1. The number of carbonyl (C=O) groups excluding carboxylic acids is 2. The van der Waals surface area contributed by atoms with Gasteiger partial charge in [0.1, 0.15) is 5.82 Å². The summed E-state index contributed by atoms with van der Waals surface area (Å²) in [6.07, 6.45) is 2.55. The Balaban J connectivity index is 2.17. The molecule has 0 bridgehead atoms. The van der Waals surface area contributed by atoms with Gasteiger partial charge in [-0.3, -0.25) is 24.0 Å². The number of nitrogens with two attached hydrogens (primary N) is 1. The van der Waals surface area contributed by atoms with Crippen LogP contribution in [0.2, 0.25) is 0 Å². The highest BCUT2D eigenvalue weighted by Gasteiger charge is 2.27. The van der Waals surface area contributed by atoms with E-state index >= 15 is 0 Å². The largest absolute Gasteiger partial charge is 0.449 e. The van der Waals surface area contributed by atoms with Gasteiger partial charge in [0.05, 0.1) is 13.2 Å². The van der Waals surface area contributed by atoms with Crippen molar-refractivity contribution in [2.24, 2.45) is 5.92 Å². The minimum Gasteiger partial charge on any atom is -0.449 e. The first-order valence-corrected chi connectivity index (χ1v) is 12.3. The molecule has 0 atom stereocenters. The number of nitrogen functional groups attached to an aromatic ring is 1. The number of aromatic amines is 1. The molecule has 1 aromatic rings. The summed E-state index contributed by atoms with van der Waals surface area (Å²) in [5, 5.41) is 0. The monoisotopic (exact) mass is 480 g/mol. The Hall–Kier alpha value is -2.82. The minimum atomic E-state index is -0.658. The predicted molar refractivity (Wildman–Crippen MR) is 132 cm³/mol. The molecule has 1 saturated heterocycles. The Kier molecular flexibility index (Phi) is 10.6. The SMILES string of the molecule is CCCCN(C(=O)CN1CCCN(C(=O)OCC(C)C)CC1)c1c(N)n(CCC)c(=O)[nH]c1=O. The van der Waals surface area contributed by atoms with Crippen molar-refractivity contribution < 1.29 is 14.3 Å². The van der Waals surface area contributed by atoms with Crippen LogP contribution in [0.5, 0.6) is 0 Å². The van der Waals surface area contributed by atoms with E-state index in [1.54, 1.807) is 4.90 Å². The lowest BCUT2D eigenvalue weighted by Gasteiger charge is -2.27. The number of aromatic nitrogens is 2. The number of H-pyrrole nitrogens is 1. The summed E-state index contributed by atoms with van der Waals surface area (Å²) >= 11 is 0. The lowest BCUT2D eigenvalue weighted by Crippen LogP contribution is -2.46. The molecule has 1 aromatic heterocycles. The van der Waals surface area contributed by atoms with Crippen molar-refractivity contribution in [3.8, 4) is 0 Å². The molecule has 11 nitrogen and oxygen atoms in total. The molecule has 0 aliphatic carbocycles. The topological polar surface area (TPSA) is 134 Å². The molecule has 2 heterocycles. The van der Waals surface area contributed by atoms with Crippen LogP contribution in [0.1, 0.15) is 53.4 Å². The molecule has 0 saturated carbocycles. The number of hydrogen-bond acceptors (Lipinski definition) is 7. The maximum absolute atomic E-state index is 13.4. The molecule has 34 heavy (non-hydrogen) atoms. The fraction of sp³-hybridized carbons (Fsp3) is 0.739. The van der Waals surface area contributed by atoms with Gasteiger partial charge in [-0.05, 0) is 25.2 Å². The van der Waals surface area contributed by atoms with Gasteiger partial charge in [0.25, 0.3) is 5.56 Å². The number of ether oxygens (including phenoxy) is 1. The van der Waals surface area contributed by atoms with Crippen molar-refractivity contribution in [1.29, 1.82) is 0 Å². The third-order valence-corrected chi connectivity index (χ3v) is 5.71. The Morgan fingerprint density at radius 1 is 1.12 bits per heavy atom. The summed E-state index contributed by atoms with van der Waals surface area (Å²) < 4.78 is 6.64. The molecule has 0 radical (unpaired) electrons. The highest BCUT2D eigenvalue weighted by Crippen LogP contribution is 2.19. The molecular weight excluding hydrogens is 440 g/mol. The quantitative estimate of drug-likeness (QED) is 0.518. The van der Waals surface area contributed by atoms with E-state index in [1.165, 1.54) is 9.47 Å². The standard InChI is InChI=1S/C23H40N6O5/c1-5-7-12-28(19-20(24)29(9-6-2)22(32)25-21(19)31)18(30)15-26-10-8-11-27(14-13-26)23(33)34-16-17(3)4/h17H,5-16,24H2,1-4H3,(H,25,31,32). The van der Waals surface area contributed by atoms with Crippen molar-refractivity contribution in [2.45, 2.75) is 59.9 Å². The molecule has 192 valence electrons. The van der Waals surface area contributed by atoms with Gasteiger partial charge in [0, 0.05) is 39.3 Å². The van der Waals surface area contributed by atoms with Gasteiger partial charge in [-0.2, -0.15) is 0 Å². The lowest BCUT2D eigenvalue weighted by atomic mass is 10.2. The normalized spacial score (nSPS) is 14.8. The Morgan fingerprint density at radius 3 is 2.50 bits per heavy atom. The van der Waals surface area contributed by atoms with Gasteiger partial charge in [0.15, 0.2) is 5.69 Å². The van der Waals surface area contributed by atoms with E-state index in [-0.39, 0.29) is 36.0 Å². The van der Waals surface area contributed by atoms with E-state index in [0.29, 0.717) is 65.1 Å². The molecule has 1 aliphatic heterocycles. The van der Waals surface area contributed by atoms with E-state index in [1.807, 2.05) is 32.6 Å². The molecule has 2 rings (SSSR count). The van der Waals surface area contributed by atoms with Gasteiger partial charge < -0.3 is 20.3 Å². The second-order valence-corrected chi connectivity index (χ2v) is 9.13. The summed E-state index contributed by atoms with van der Waals surface area (Å²) in [4.78, 5) is 57.9. The highest BCUT2D eigenvalue weighted by molar-refractivity contribution is 5.96. The van der Waals surface area contributed by atoms with E-state index in [9.17, 15) is 19.2 Å². The zero-order chi connectivity index (χ0) is 25.3. The van der Waals surface area contributed by atoms with Crippen LogP contribution in [0.4, 0.5) is 16.3 Å². The first kappa shape index (κ1) is 27.4. The van der Waals surface area contributed by atoms with Crippen LogP contribution in [0.25, 0.3) is 0 Å². The highest BCUT2D eigenvalue weighted by atomic mass is 16.6. The average Bonchev–Trinajstić information content (AvgIpc) is 3.02. The van der Waals surface area contributed by atoms with Crippen LogP contribution in [0.3, 0.4) is 0 Å². The fourth-order valence-electron chi connectivity index (χ4n) is 3.88. The molecule has 2 amide bonds. The van der Waals surface area contributed by atoms with Crippen molar-refractivity contribution in [3.63, 3.8) is 0 Å². The first-order chi connectivity index (χ1) is 16.2. The zero-order valence-corrected chi connectivity index (χ0v) is 21.0. The number of nitrogens with one attached hydrogen (secondary N) is 1. The summed E-state index contributed by atoms with van der Waals surface area (Å²) in [7, 11) is 0. The molecular formula is C23H40N6O5. The van der Waals surface area contributed by atoms with E-state index in [0.717, 1.165) is 6.42 Å². The van der Waals surface area contributed by atoms with E-state index in [4.69, 9.17) is 10.5 Å². The lowest BCUT2D eigenvalue weighted by molar-refractivity contribution is -0.119. The maximum Gasteiger partial charge on any atom is 0.409 e. The number of hydrogen-bond donors (Lipinski definition) is 2. The Morgan fingerprint density at radius 2 is 1.85 bits per heavy atom. The Labute approximate surface area is 200 Å². The van der Waals surface area contributed by atoms with Gasteiger partial charge in [-0.25, -0.2) is 9.59 Å². The zero-order valence-electron chi connectivity index (χ0n) is 21.0. The smallest absolute Gasteiger partial charge is 0.409 e. The third-order valence-electron chi connectivity index (χ3n) is 5.71. The molecule has 1 fully saturated rings. The van der Waals surface area contributed by atoms with E-state index in [2.05, 4.69) is 4.98 Å². The van der Waals surface area contributed by atoms with Gasteiger partial charge >= 0.3 is 11.8 Å². The maximum atomic E-state index is 13.4. The first-order valence-electron chi connectivity index (χ1n) is 12.3. The summed E-state index contributed by atoms with van der Waals surface area (Å²) in [5.41, 5.74) is 5.01. The molecule has 3 N–H and O–H groups in total. The van der Waals surface area contributed by atoms with Crippen molar-refractivity contribution in [2.75, 3.05) is 56.5 Å². The predicted octanol–water partition coefficient (Wildman–Crippen LogP) is 1.46. The number of anilines is 2. The van der Waals surface area contributed by atoms with Crippen LogP contribution >= 0.6 is 0 Å². The van der Waals surface area contributed by atoms with E-state index < -0.39 is 11.2 Å². The van der Waals surface area contributed by atoms with Crippen LogP contribution in [-0.2, 0) is 16.1 Å². The Bertz CT molecular complexity index is 941. The second-order valence-electron chi connectivity index (χ2n) is 9.13. The number of nitrogens with zero attached hydrogens (tertiary/aromatic N) is 4. The molecule has 0 aromatic carbocycles. The van der Waals surface area contributed by atoms with Gasteiger partial charge in [0.2, 0.25) is 5.91 Å². The second kappa shape index (κ2) is 13.2. The van der Waals surface area contributed by atoms with Crippen molar-refractivity contribution >= 4 is 23.5 Å². The molecule has 1 aliphatic rings.